The number of rotatable bonds is 6. The maximum Gasteiger partial charge on any atom is 0.225 e. The standard InChI is InChI=1S/C16H26N4O/c1-19(2)15-6-8-20(12-15)9-7-16(21)18-14-5-3-4-13(10-14)11-17/h3-5,10,15H,6-9,11-12,17H2,1-2H3,(H,18,21). The van der Waals surface area contributed by atoms with Crippen LogP contribution >= 0.6 is 0 Å². The molecule has 1 saturated heterocycles. The van der Waals surface area contributed by atoms with Crippen molar-refractivity contribution in [3.05, 3.63) is 29.8 Å². The second-order valence-corrected chi connectivity index (χ2v) is 5.91. The molecule has 1 unspecified atom stereocenters. The maximum atomic E-state index is 12.0. The third kappa shape index (κ3) is 4.81. The summed E-state index contributed by atoms with van der Waals surface area (Å²) in [6.07, 6.45) is 1.72. The molecule has 21 heavy (non-hydrogen) atoms. The van der Waals surface area contributed by atoms with Crippen LogP contribution in [0.3, 0.4) is 0 Å². The lowest BCUT2D eigenvalue weighted by atomic mass is 10.2. The van der Waals surface area contributed by atoms with Crippen LogP contribution in [0, 0.1) is 0 Å². The summed E-state index contributed by atoms with van der Waals surface area (Å²) in [5.74, 6) is 0.0671. The molecule has 1 heterocycles. The normalized spacial score (nSPS) is 19.1. The Balaban J connectivity index is 1.75. The van der Waals surface area contributed by atoms with Crippen LogP contribution in [-0.4, -0.2) is 55.5 Å². The van der Waals surface area contributed by atoms with E-state index in [0.717, 1.165) is 30.9 Å². The van der Waals surface area contributed by atoms with Crippen LogP contribution in [0.2, 0.25) is 0 Å². The molecule has 1 aliphatic heterocycles. The first kappa shape index (κ1) is 15.9. The number of hydrogen-bond acceptors (Lipinski definition) is 4. The van der Waals surface area contributed by atoms with Gasteiger partial charge in [0, 0.05) is 37.8 Å². The van der Waals surface area contributed by atoms with E-state index in [1.807, 2.05) is 24.3 Å². The summed E-state index contributed by atoms with van der Waals surface area (Å²) in [4.78, 5) is 16.6. The van der Waals surface area contributed by atoms with Gasteiger partial charge in [0.1, 0.15) is 0 Å². The number of likely N-dealkylation sites (tertiary alicyclic amines) is 1. The van der Waals surface area contributed by atoms with Gasteiger partial charge in [0.2, 0.25) is 5.91 Å². The first-order valence-electron chi connectivity index (χ1n) is 7.56. The van der Waals surface area contributed by atoms with Crippen LogP contribution in [0.25, 0.3) is 0 Å². The third-order valence-electron chi connectivity index (χ3n) is 4.08. The maximum absolute atomic E-state index is 12.0. The van der Waals surface area contributed by atoms with E-state index >= 15 is 0 Å². The van der Waals surface area contributed by atoms with E-state index in [1.165, 1.54) is 6.42 Å². The largest absolute Gasteiger partial charge is 0.326 e. The van der Waals surface area contributed by atoms with Gasteiger partial charge in [-0.1, -0.05) is 12.1 Å². The summed E-state index contributed by atoms with van der Waals surface area (Å²) in [5.41, 5.74) is 7.46. The Morgan fingerprint density at radius 1 is 1.48 bits per heavy atom. The Labute approximate surface area is 127 Å². The minimum absolute atomic E-state index is 0.0671. The van der Waals surface area contributed by atoms with Gasteiger partial charge < -0.3 is 20.9 Å². The molecule has 3 N–H and O–H groups in total. The number of nitrogens with two attached hydrogens (primary N) is 1. The number of benzene rings is 1. The van der Waals surface area contributed by atoms with E-state index in [1.54, 1.807) is 0 Å². The van der Waals surface area contributed by atoms with Crippen LogP contribution in [0.4, 0.5) is 5.69 Å². The minimum atomic E-state index is 0.0671. The monoisotopic (exact) mass is 290 g/mol. The van der Waals surface area contributed by atoms with Crippen molar-refractivity contribution in [1.82, 2.24) is 9.80 Å². The molecule has 1 amide bonds. The molecule has 0 bridgehead atoms. The molecule has 0 saturated carbocycles. The molecule has 2 rings (SSSR count). The molecule has 5 nitrogen and oxygen atoms in total. The number of amides is 1. The number of likely N-dealkylation sites (N-methyl/N-ethyl adjacent to an activating group) is 1. The zero-order chi connectivity index (χ0) is 15.2. The van der Waals surface area contributed by atoms with Crippen LogP contribution in [0.1, 0.15) is 18.4 Å². The highest BCUT2D eigenvalue weighted by atomic mass is 16.1. The first-order valence-corrected chi connectivity index (χ1v) is 7.56. The summed E-state index contributed by atoms with van der Waals surface area (Å²) < 4.78 is 0. The van der Waals surface area contributed by atoms with Crippen molar-refractivity contribution < 1.29 is 4.79 Å². The van der Waals surface area contributed by atoms with Gasteiger partial charge in [-0.25, -0.2) is 0 Å². The molecule has 116 valence electrons. The van der Waals surface area contributed by atoms with Gasteiger partial charge in [-0.15, -0.1) is 0 Å². The molecule has 1 aliphatic rings. The lowest BCUT2D eigenvalue weighted by Gasteiger charge is -2.20. The number of carbonyl (C=O) groups excluding carboxylic acids is 1. The van der Waals surface area contributed by atoms with Gasteiger partial charge in [0.05, 0.1) is 0 Å². The number of nitrogens with one attached hydrogen (secondary N) is 1. The number of carbonyl (C=O) groups is 1. The average Bonchev–Trinajstić information content (AvgIpc) is 2.94. The fourth-order valence-electron chi connectivity index (χ4n) is 2.70. The minimum Gasteiger partial charge on any atom is -0.326 e. The van der Waals surface area contributed by atoms with Crippen molar-refractivity contribution in [2.75, 3.05) is 39.0 Å². The smallest absolute Gasteiger partial charge is 0.225 e. The van der Waals surface area contributed by atoms with Crippen molar-refractivity contribution in [2.24, 2.45) is 5.73 Å². The highest BCUT2D eigenvalue weighted by Crippen LogP contribution is 2.14. The average molecular weight is 290 g/mol. The number of hydrogen-bond donors (Lipinski definition) is 2. The highest BCUT2D eigenvalue weighted by Gasteiger charge is 2.23. The number of nitrogens with zero attached hydrogens (tertiary/aromatic N) is 2. The molecule has 1 atom stereocenters. The zero-order valence-corrected chi connectivity index (χ0v) is 13.0. The van der Waals surface area contributed by atoms with Crippen molar-refractivity contribution in [3.8, 4) is 0 Å². The van der Waals surface area contributed by atoms with Crippen molar-refractivity contribution >= 4 is 11.6 Å². The topological polar surface area (TPSA) is 61.6 Å². The van der Waals surface area contributed by atoms with Gasteiger partial charge in [0.25, 0.3) is 0 Å². The Morgan fingerprint density at radius 2 is 2.29 bits per heavy atom. The molecule has 0 aromatic heterocycles. The summed E-state index contributed by atoms with van der Waals surface area (Å²) in [7, 11) is 4.23. The summed E-state index contributed by atoms with van der Waals surface area (Å²) in [6.45, 7) is 3.46. The molecular weight excluding hydrogens is 264 g/mol. The lowest BCUT2D eigenvalue weighted by molar-refractivity contribution is -0.116. The van der Waals surface area contributed by atoms with Gasteiger partial charge in [-0.2, -0.15) is 0 Å². The highest BCUT2D eigenvalue weighted by molar-refractivity contribution is 5.90. The molecule has 1 fully saturated rings. The molecule has 1 aromatic carbocycles. The van der Waals surface area contributed by atoms with Crippen molar-refractivity contribution in [1.29, 1.82) is 0 Å². The molecule has 0 spiro atoms. The van der Waals surface area contributed by atoms with Crippen molar-refractivity contribution in [2.45, 2.75) is 25.4 Å². The van der Waals surface area contributed by atoms with Gasteiger partial charge >= 0.3 is 0 Å². The fourth-order valence-corrected chi connectivity index (χ4v) is 2.70. The Bertz CT molecular complexity index is 475. The zero-order valence-electron chi connectivity index (χ0n) is 13.0. The van der Waals surface area contributed by atoms with E-state index in [4.69, 9.17) is 5.73 Å². The third-order valence-corrected chi connectivity index (χ3v) is 4.08. The van der Waals surface area contributed by atoms with Crippen LogP contribution < -0.4 is 11.1 Å². The van der Waals surface area contributed by atoms with Crippen LogP contribution in [0.5, 0.6) is 0 Å². The van der Waals surface area contributed by atoms with Crippen LogP contribution in [0.15, 0.2) is 24.3 Å². The van der Waals surface area contributed by atoms with Gasteiger partial charge in [-0.05, 0) is 44.8 Å². The second kappa shape index (κ2) is 7.54. The Kier molecular flexibility index (Phi) is 5.73. The van der Waals surface area contributed by atoms with E-state index < -0.39 is 0 Å². The van der Waals surface area contributed by atoms with Gasteiger partial charge in [0.15, 0.2) is 0 Å². The summed E-state index contributed by atoms with van der Waals surface area (Å²) >= 11 is 0. The quantitative estimate of drug-likeness (QED) is 0.824. The predicted molar refractivity (Wildman–Crippen MR) is 86.1 cm³/mol. The van der Waals surface area contributed by atoms with Gasteiger partial charge in [-0.3, -0.25) is 4.79 Å². The predicted octanol–water partition coefficient (Wildman–Crippen LogP) is 1.11. The van der Waals surface area contributed by atoms with E-state index in [9.17, 15) is 4.79 Å². The van der Waals surface area contributed by atoms with Crippen molar-refractivity contribution in [3.63, 3.8) is 0 Å². The van der Waals surface area contributed by atoms with E-state index in [-0.39, 0.29) is 5.91 Å². The molecule has 5 heteroatoms. The first-order chi connectivity index (χ1) is 10.1. The van der Waals surface area contributed by atoms with E-state index in [0.29, 0.717) is 19.0 Å². The number of anilines is 1. The van der Waals surface area contributed by atoms with E-state index in [2.05, 4.69) is 29.2 Å². The molecule has 0 radical (unpaired) electrons. The second-order valence-electron chi connectivity index (χ2n) is 5.91. The Hall–Kier alpha value is -1.43. The summed E-state index contributed by atoms with van der Waals surface area (Å²) in [6, 6.07) is 8.32. The summed E-state index contributed by atoms with van der Waals surface area (Å²) in [5, 5.41) is 2.94. The molecule has 1 aromatic rings. The fraction of sp³-hybridized carbons (Fsp3) is 0.562. The molecule has 0 aliphatic carbocycles. The van der Waals surface area contributed by atoms with Crippen LogP contribution in [-0.2, 0) is 11.3 Å². The molecular formula is C16H26N4O. The Morgan fingerprint density at radius 3 is 2.95 bits per heavy atom. The SMILES string of the molecule is CN(C)C1CCN(CCC(=O)Nc2cccc(CN)c2)C1. The lowest BCUT2D eigenvalue weighted by Crippen LogP contribution is -2.32.